The molecule has 1 heterocycles. The number of piperidine rings is 1. The van der Waals surface area contributed by atoms with Gasteiger partial charge in [-0.15, -0.1) is 0 Å². The van der Waals surface area contributed by atoms with E-state index in [9.17, 15) is 9.59 Å². The predicted octanol–water partition coefficient (Wildman–Crippen LogP) is 2.86. The summed E-state index contributed by atoms with van der Waals surface area (Å²) < 4.78 is 5.12. The summed E-state index contributed by atoms with van der Waals surface area (Å²) in [4.78, 5) is 26.6. The van der Waals surface area contributed by atoms with Crippen molar-refractivity contribution in [3.8, 4) is 0 Å². The molecule has 0 radical (unpaired) electrons. The van der Waals surface area contributed by atoms with Gasteiger partial charge >= 0.3 is 5.97 Å². The maximum Gasteiger partial charge on any atom is 0.328 e. The highest BCUT2D eigenvalue weighted by Gasteiger charge is 2.34. The monoisotopic (exact) mass is 289 g/mol. The number of likely N-dealkylation sites (tertiary alicyclic amines) is 1. The molecule has 4 nitrogen and oxygen atoms in total. The van der Waals surface area contributed by atoms with Gasteiger partial charge in [0.15, 0.2) is 0 Å². The van der Waals surface area contributed by atoms with Crippen LogP contribution in [0, 0.1) is 13.8 Å². The van der Waals surface area contributed by atoms with Crippen molar-refractivity contribution in [3.63, 3.8) is 0 Å². The molecule has 4 heteroatoms. The minimum absolute atomic E-state index is 0.0612. The molecule has 0 bridgehead atoms. The Morgan fingerprint density at radius 3 is 2.76 bits per heavy atom. The molecule has 0 saturated carbocycles. The fraction of sp³-hybridized carbons (Fsp3) is 0.529. The van der Waals surface area contributed by atoms with Gasteiger partial charge in [-0.05, 0) is 51.7 Å². The number of rotatable bonds is 3. The molecule has 1 unspecified atom stereocenters. The number of amides is 1. The first-order valence-corrected chi connectivity index (χ1v) is 7.59. The van der Waals surface area contributed by atoms with Crippen molar-refractivity contribution >= 4 is 11.9 Å². The molecule has 0 spiro atoms. The normalized spacial score (nSPS) is 18.4. The van der Waals surface area contributed by atoms with Gasteiger partial charge in [0.2, 0.25) is 0 Å². The van der Waals surface area contributed by atoms with Crippen LogP contribution in [0.25, 0.3) is 0 Å². The van der Waals surface area contributed by atoms with Gasteiger partial charge in [0.25, 0.3) is 5.91 Å². The second kappa shape index (κ2) is 6.74. The van der Waals surface area contributed by atoms with Crippen molar-refractivity contribution in [1.29, 1.82) is 0 Å². The van der Waals surface area contributed by atoms with Crippen LogP contribution in [0.2, 0.25) is 0 Å². The standard InChI is InChI=1S/C17H23NO3/c1-4-21-17(20)15-7-5-6-10-18(15)16(19)14-11-12(2)8-9-13(14)3/h8-9,11,15H,4-7,10H2,1-3H3. The number of carbonyl (C=O) groups is 2. The van der Waals surface area contributed by atoms with E-state index < -0.39 is 6.04 Å². The molecule has 0 aromatic heterocycles. The smallest absolute Gasteiger partial charge is 0.328 e. The SMILES string of the molecule is CCOC(=O)C1CCCCN1C(=O)c1cc(C)ccc1C. The Kier molecular flexibility index (Phi) is 4.99. The van der Waals surface area contributed by atoms with Crippen molar-refractivity contribution in [3.05, 3.63) is 34.9 Å². The molecule has 1 aliphatic rings. The maximum atomic E-state index is 12.8. The number of esters is 1. The molecule has 1 aliphatic heterocycles. The Labute approximate surface area is 126 Å². The topological polar surface area (TPSA) is 46.6 Å². The Bertz CT molecular complexity index is 539. The van der Waals surface area contributed by atoms with E-state index in [4.69, 9.17) is 4.74 Å². The molecule has 114 valence electrons. The minimum Gasteiger partial charge on any atom is -0.464 e. The van der Waals surface area contributed by atoms with Crippen molar-refractivity contribution in [1.82, 2.24) is 4.90 Å². The van der Waals surface area contributed by atoms with Crippen LogP contribution in [0.4, 0.5) is 0 Å². The molecule has 0 N–H and O–H groups in total. The maximum absolute atomic E-state index is 12.8. The Morgan fingerprint density at radius 1 is 1.29 bits per heavy atom. The lowest BCUT2D eigenvalue weighted by Gasteiger charge is -2.34. The predicted molar refractivity (Wildman–Crippen MR) is 81.2 cm³/mol. The van der Waals surface area contributed by atoms with Crippen LogP contribution < -0.4 is 0 Å². The van der Waals surface area contributed by atoms with Crippen LogP contribution in [-0.2, 0) is 9.53 Å². The van der Waals surface area contributed by atoms with Gasteiger partial charge in [0, 0.05) is 12.1 Å². The summed E-state index contributed by atoms with van der Waals surface area (Å²) in [5, 5.41) is 0. The molecule has 1 amide bonds. The first-order valence-electron chi connectivity index (χ1n) is 7.59. The number of nitrogens with zero attached hydrogens (tertiary/aromatic N) is 1. The van der Waals surface area contributed by atoms with Gasteiger partial charge in [-0.2, -0.15) is 0 Å². The average molecular weight is 289 g/mol. The first-order chi connectivity index (χ1) is 10.0. The highest BCUT2D eigenvalue weighted by molar-refractivity contribution is 5.98. The summed E-state index contributed by atoms with van der Waals surface area (Å²) in [7, 11) is 0. The zero-order valence-corrected chi connectivity index (χ0v) is 13.0. The van der Waals surface area contributed by atoms with Crippen LogP contribution in [0.5, 0.6) is 0 Å². The largest absolute Gasteiger partial charge is 0.464 e. The first kappa shape index (κ1) is 15.5. The summed E-state index contributed by atoms with van der Waals surface area (Å²) >= 11 is 0. The van der Waals surface area contributed by atoms with Gasteiger partial charge in [-0.1, -0.05) is 17.7 Å². The van der Waals surface area contributed by atoms with E-state index in [2.05, 4.69) is 0 Å². The van der Waals surface area contributed by atoms with E-state index in [-0.39, 0.29) is 11.9 Å². The third kappa shape index (κ3) is 3.43. The Balaban J connectivity index is 2.26. The van der Waals surface area contributed by atoms with Crippen LogP contribution in [0.3, 0.4) is 0 Å². The molecule has 1 aromatic carbocycles. The van der Waals surface area contributed by atoms with E-state index in [0.29, 0.717) is 25.1 Å². The minimum atomic E-state index is -0.439. The summed E-state index contributed by atoms with van der Waals surface area (Å²) in [5.74, 6) is -0.343. The van der Waals surface area contributed by atoms with Gasteiger partial charge < -0.3 is 9.64 Å². The third-order valence-electron chi connectivity index (χ3n) is 3.95. The molecule has 2 rings (SSSR count). The van der Waals surface area contributed by atoms with Gasteiger partial charge in [0.1, 0.15) is 6.04 Å². The molecular formula is C17H23NO3. The van der Waals surface area contributed by atoms with Gasteiger partial charge in [-0.25, -0.2) is 4.79 Å². The quantitative estimate of drug-likeness (QED) is 0.804. The molecule has 1 fully saturated rings. The zero-order valence-electron chi connectivity index (χ0n) is 13.0. The van der Waals surface area contributed by atoms with Crippen molar-refractivity contribution in [2.24, 2.45) is 0 Å². The molecule has 1 aromatic rings. The van der Waals surface area contributed by atoms with E-state index in [1.807, 2.05) is 32.0 Å². The van der Waals surface area contributed by atoms with Crippen molar-refractivity contribution < 1.29 is 14.3 Å². The molecule has 1 atom stereocenters. The summed E-state index contributed by atoms with van der Waals surface area (Å²) in [6.07, 6.45) is 2.59. The van der Waals surface area contributed by atoms with E-state index >= 15 is 0 Å². The molecule has 0 aliphatic carbocycles. The van der Waals surface area contributed by atoms with E-state index in [0.717, 1.165) is 24.0 Å². The number of carbonyl (C=O) groups excluding carboxylic acids is 2. The van der Waals surface area contributed by atoms with E-state index in [1.165, 1.54) is 0 Å². The lowest BCUT2D eigenvalue weighted by Crippen LogP contribution is -2.48. The highest BCUT2D eigenvalue weighted by Crippen LogP contribution is 2.22. The molecular weight excluding hydrogens is 266 g/mol. The summed E-state index contributed by atoms with van der Waals surface area (Å²) in [6.45, 7) is 6.65. The zero-order chi connectivity index (χ0) is 15.4. The van der Waals surface area contributed by atoms with Crippen LogP contribution >= 0.6 is 0 Å². The van der Waals surface area contributed by atoms with Crippen LogP contribution in [-0.4, -0.2) is 36.0 Å². The second-order valence-electron chi connectivity index (χ2n) is 5.58. The van der Waals surface area contributed by atoms with Crippen molar-refractivity contribution in [2.45, 2.75) is 46.1 Å². The second-order valence-corrected chi connectivity index (χ2v) is 5.58. The molecule has 1 saturated heterocycles. The summed E-state index contributed by atoms with van der Waals surface area (Å²) in [6, 6.07) is 5.40. The highest BCUT2D eigenvalue weighted by atomic mass is 16.5. The fourth-order valence-corrected chi connectivity index (χ4v) is 2.78. The number of benzene rings is 1. The van der Waals surface area contributed by atoms with Crippen LogP contribution in [0.15, 0.2) is 18.2 Å². The number of ether oxygens (including phenoxy) is 1. The summed E-state index contributed by atoms with van der Waals surface area (Å²) in [5.41, 5.74) is 2.68. The van der Waals surface area contributed by atoms with Gasteiger partial charge in [0.05, 0.1) is 6.61 Å². The number of aryl methyl sites for hydroxylation is 2. The van der Waals surface area contributed by atoms with Gasteiger partial charge in [-0.3, -0.25) is 4.79 Å². The average Bonchev–Trinajstić information content (AvgIpc) is 2.49. The number of hydrogen-bond acceptors (Lipinski definition) is 3. The Hall–Kier alpha value is -1.84. The van der Waals surface area contributed by atoms with E-state index in [1.54, 1.807) is 11.8 Å². The Morgan fingerprint density at radius 2 is 2.05 bits per heavy atom. The lowest BCUT2D eigenvalue weighted by molar-refractivity contribution is -0.149. The fourth-order valence-electron chi connectivity index (χ4n) is 2.78. The van der Waals surface area contributed by atoms with Crippen LogP contribution in [0.1, 0.15) is 47.7 Å². The third-order valence-corrected chi connectivity index (χ3v) is 3.95. The van der Waals surface area contributed by atoms with Crippen molar-refractivity contribution in [2.75, 3.05) is 13.2 Å². The molecule has 21 heavy (non-hydrogen) atoms. The lowest BCUT2D eigenvalue weighted by atomic mass is 9.98. The number of hydrogen-bond donors (Lipinski definition) is 0.